The van der Waals surface area contributed by atoms with Gasteiger partial charge in [0.15, 0.2) is 5.57 Å². The lowest BCUT2D eigenvalue weighted by atomic mass is 10.2. The van der Waals surface area contributed by atoms with Crippen LogP contribution in [0.1, 0.15) is 0 Å². The summed E-state index contributed by atoms with van der Waals surface area (Å²) >= 11 is 0. The van der Waals surface area contributed by atoms with Gasteiger partial charge in [0.25, 0.3) is 0 Å². The highest BCUT2D eigenvalue weighted by molar-refractivity contribution is 5.19. The predicted octanol–water partition coefficient (Wildman–Crippen LogP) is 2.62. The topological polar surface area (TPSA) is 12.5 Å². The first kappa shape index (κ1) is 14.1. The SMILES string of the molecule is FC(=C(C(F)(F)F)C(F)(F)F)N1CCOCC1. The van der Waals surface area contributed by atoms with Gasteiger partial charge in [-0.3, -0.25) is 0 Å². The van der Waals surface area contributed by atoms with Crippen LogP contribution < -0.4 is 0 Å². The lowest BCUT2D eigenvalue weighted by Crippen LogP contribution is -2.38. The monoisotopic (exact) mass is 267 g/mol. The fraction of sp³-hybridized carbons (Fsp3) is 0.750. The van der Waals surface area contributed by atoms with Gasteiger partial charge in [0.2, 0.25) is 5.95 Å². The van der Waals surface area contributed by atoms with Crippen molar-refractivity contribution in [2.75, 3.05) is 26.3 Å². The number of hydrogen-bond acceptors (Lipinski definition) is 2. The summed E-state index contributed by atoms with van der Waals surface area (Å²) in [5.74, 6) is -2.30. The first-order chi connectivity index (χ1) is 7.64. The molecule has 1 fully saturated rings. The van der Waals surface area contributed by atoms with E-state index in [0.717, 1.165) is 0 Å². The van der Waals surface area contributed by atoms with Gasteiger partial charge in [-0.1, -0.05) is 0 Å². The van der Waals surface area contributed by atoms with E-state index < -0.39 is 23.9 Å². The molecule has 1 aliphatic heterocycles. The molecule has 0 aliphatic carbocycles. The molecule has 0 aromatic heterocycles. The van der Waals surface area contributed by atoms with Crippen LogP contribution in [0, 0.1) is 0 Å². The molecule has 0 atom stereocenters. The molecule has 0 aromatic rings. The van der Waals surface area contributed by atoms with Gasteiger partial charge in [-0.25, -0.2) is 0 Å². The maximum atomic E-state index is 13.3. The molecule has 0 aromatic carbocycles. The molecule has 17 heavy (non-hydrogen) atoms. The van der Waals surface area contributed by atoms with Crippen LogP contribution in [0.5, 0.6) is 0 Å². The van der Waals surface area contributed by atoms with Crippen LogP contribution in [0.4, 0.5) is 30.7 Å². The van der Waals surface area contributed by atoms with Gasteiger partial charge in [0.05, 0.1) is 13.2 Å². The van der Waals surface area contributed by atoms with Crippen molar-refractivity contribution in [2.45, 2.75) is 12.4 Å². The average Bonchev–Trinajstić information content (AvgIpc) is 2.14. The maximum Gasteiger partial charge on any atom is 0.425 e. The van der Waals surface area contributed by atoms with Crippen molar-refractivity contribution in [2.24, 2.45) is 0 Å². The van der Waals surface area contributed by atoms with Gasteiger partial charge in [-0.05, 0) is 0 Å². The average molecular weight is 267 g/mol. The fourth-order valence-electron chi connectivity index (χ4n) is 1.31. The summed E-state index contributed by atoms with van der Waals surface area (Å²) in [6.07, 6.45) is -11.6. The lowest BCUT2D eigenvalue weighted by Gasteiger charge is -2.29. The minimum absolute atomic E-state index is 0.115. The van der Waals surface area contributed by atoms with E-state index in [1.54, 1.807) is 0 Å². The van der Waals surface area contributed by atoms with E-state index >= 15 is 0 Å². The Bertz CT molecular complexity index is 284. The summed E-state index contributed by atoms with van der Waals surface area (Å²) in [4.78, 5) is 0.375. The van der Waals surface area contributed by atoms with E-state index in [1.165, 1.54) is 0 Å². The Morgan fingerprint density at radius 3 is 1.65 bits per heavy atom. The summed E-state index contributed by atoms with van der Waals surface area (Å²) in [7, 11) is 0. The number of alkyl halides is 6. The van der Waals surface area contributed by atoms with Gasteiger partial charge in [-0.2, -0.15) is 30.7 Å². The minimum atomic E-state index is -5.78. The third kappa shape index (κ3) is 3.48. The van der Waals surface area contributed by atoms with Gasteiger partial charge < -0.3 is 9.64 Å². The zero-order chi connectivity index (χ0) is 13.3. The van der Waals surface area contributed by atoms with Crippen LogP contribution in [0.2, 0.25) is 0 Å². The highest BCUT2D eigenvalue weighted by Gasteiger charge is 2.54. The first-order valence-corrected chi connectivity index (χ1v) is 4.51. The molecule has 0 bridgehead atoms. The van der Waals surface area contributed by atoms with E-state index in [-0.39, 0.29) is 26.3 Å². The Kier molecular flexibility index (Phi) is 3.90. The van der Waals surface area contributed by atoms with Gasteiger partial charge in [0, 0.05) is 13.1 Å². The van der Waals surface area contributed by atoms with Crippen molar-refractivity contribution >= 4 is 0 Å². The van der Waals surface area contributed by atoms with Crippen molar-refractivity contribution in [3.8, 4) is 0 Å². The van der Waals surface area contributed by atoms with Gasteiger partial charge >= 0.3 is 12.4 Å². The van der Waals surface area contributed by atoms with Crippen LogP contribution in [0.3, 0.4) is 0 Å². The Morgan fingerprint density at radius 1 is 0.882 bits per heavy atom. The van der Waals surface area contributed by atoms with E-state index in [4.69, 9.17) is 4.74 Å². The molecule has 0 saturated carbocycles. The highest BCUT2D eigenvalue weighted by Crippen LogP contribution is 2.41. The number of morpholine rings is 1. The molecule has 0 radical (unpaired) electrons. The molecule has 0 amide bonds. The Balaban J connectivity index is 3.09. The molecule has 0 unspecified atom stereocenters. The number of hydrogen-bond donors (Lipinski definition) is 0. The zero-order valence-electron chi connectivity index (χ0n) is 8.33. The van der Waals surface area contributed by atoms with Crippen LogP contribution in [0.25, 0.3) is 0 Å². The second kappa shape index (κ2) is 4.71. The highest BCUT2D eigenvalue weighted by atomic mass is 19.4. The maximum absolute atomic E-state index is 13.3. The largest absolute Gasteiger partial charge is 0.425 e. The summed E-state index contributed by atoms with van der Waals surface area (Å²) in [6.45, 7) is -0.921. The Hall–Kier alpha value is -0.990. The molecule has 1 saturated heterocycles. The Labute approximate surface area is 91.6 Å². The zero-order valence-corrected chi connectivity index (χ0v) is 8.33. The number of rotatable bonds is 1. The van der Waals surface area contributed by atoms with E-state index in [2.05, 4.69) is 0 Å². The molecule has 0 spiro atoms. The molecule has 0 N–H and O–H groups in total. The van der Waals surface area contributed by atoms with Crippen LogP contribution in [0.15, 0.2) is 11.5 Å². The summed E-state index contributed by atoms with van der Waals surface area (Å²) in [5.41, 5.74) is -3.10. The summed E-state index contributed by atoms with van der Waals surface area (Å²) < 4.78 is 90.8. The van der Waals surface area contributed by atoms with Crippen molar-refractivity contribution in [3.05, 3.63) is 11.5 Å². The van der Waals surface area contributed by atoms with Crippen molar-refractivity contribution in [1.29, 1.82) is 0 Å². The Morgan fingerprint density at radius 2 is 1.29 bits per heavy atom. The molecule has 100 valence electrons. The fourth-order valence-corrected chi connectivity index (χ4v) is 1.31. The molecular formula is C8H8F7NO. The van der Waals surface area contributed by atoms with Crippen molar-refractivity contribution in [3.63, 3.8) is 0 Å². The second-order valence-electron chi connectivity index (χ2n) is 3.26. The first-order valence-electron chi connectivity index (χ1n) is 4.51. The second-order valence-corrected chi connectivity index (χ2v) is 3.26. The summed E-state index contributed by atoms with van der Waals surface area (Å²) in [5, 5.41) is 0. The standard InChI is InChI=1S/C8H8F7NO/c9-6(16-1-3-17-4-2-16)5(7(10,11)12)8(13,14)15/h1-4H2. The number of allylic oxidation sites excluding steroid dienone is 1. The third-order valence-electron chi connectivity index (χ3n) is 2.06. The number of ether oxygens (including phenoxy) is 1. The van der Waals surface area contributed by atoms with Gasteiger partial charge in [-0.15, -0.1) is 0 Å². The summed E-state index contributed by atoms with van der Waals surface area (Å²) in [6, 6.07) is 0. The van der Waals surface area contributed by atoms with E-state index in [1.807, 2.05) is 0 Å². The number of nitrogens with zero attached hydrogens (tertiary/aromatic N) is 1. The van der Waals surface area contributed by atoms with Crippen LogP contribution in [-0.2, 0) is 4.74 Å². The molecule has 1 rings (SSSR count). The van der Waals surface area contributed by atoms with Crippen LogP contribution >= 0.6 is 0 Å². The molecule has 2 nitrogen and oxygen atoms in total. The molecule has 9 heteroatoms. The minimum Gasteiger partial charge on any atom is -0.378 e. The predicted molar refractivity (Wildman–Crippen MR) is 42.6 cm³/mol. The van der Waals surface area contributed by atoms with Crippen molar-refractivity contribution < 1.29 is 35.5 Å². The lowest BCUT2D eigenvalue weighted by molar-refractivity contribution is -0.177. The van der Waals surface area contributed by atoms with Gasteiger partial charge in [0.1, 0.15) is 0 Å². The molecule has 1 aliphatic rings. The van der Waals surface area contributed by atoms with Crippen molar-refractivity contribution in [1.82, 2.24) is 4.90 Å². The molecule has 1 heterocycles. The van der Waals surface area contributed by atoms with E-state index in [9.17, 15) is 30.7 Å². The third-order valence-corrected chi connectivity index (χ3v) is 2.06. The van der Waals surface area contributed by atoms with Crippen LogP contribution in [-0.4, -0.2) is 43.6 Å². The quantitative estimate of drug-likeness (QED) is 0.535. The smallest absolute Gasteiger partial charge is 0.378 e. The van der Waals surface area contributed by atoms with E-state index in [0.29, 0.717) is 4.90 Å². The molecular weight excluding hydrogens is 259 g/mol. The normalized spacial score (nSPS) is 18.2. The number of halogens is 7.